The highest BCUT2D eigenvalue weighted by molar-refractivity contribution is 9.09. The zero-order chi connectivity index (χ0) is 23.5. The topological polar surface area (TPSA) is 102 Å². The van der Waals surface area contributed by atoms with Crippen LogP contribution in [0.2, 0.25) is 0 Å². The fourth-order valence-electron chi connectivity index (χ4n) is 5.25. The van der Waals surface area contributed by atoms with Gasteiger partial charge in [-0.3, -0.25) is 4.79 Å². The minimum atomic E-state index is -0.310. The van der Waals surface area contributed by atoms with Crippen LogP contribution in [0, 0.1) is 0 Å². The van der Waals surface area contributed by atoms with E-state index in [9.17, 15) is 15.2 Å². The zero-order valence-electron chi connectivity index (χ0n) is 20.3. The molecule has 1 amide bonds. The van der Waals surface area contributed by atoms with Gasteiger partial charge >= 0.3 is 0 Å². The molecule has 2 aliphatic heterocycles. The van der Waals surface area contributed by atoms with Gasteiger partial charge in [0, 0.05) is 46.0 Å². The molecule has 0 saturated carbocycles. The first-order chi connectivity index (χ1) is 13.4. The molecule has 0 unspecified atom stereocenters. The van der Waals surface area contributed by atoms with Crippen LogP contribution in [0.4, 0.5) is 0 Å². The Bertz CT molecular complexity index is 545. The maximum Gasteiger partial charge on any atom is 0.220 e. The molecule has 8 heteroatoms. The van der Waals surface area contributed by atoms with Crippen LogP contribution in [0.5, 0.6) is 0 Å². The number of carbonyl (C=O) groups excluding carboxylic acids is 1. The Kier molecular flexibility index (Phi) is 9.38. The van der Waals surface area contributed by atoms with E-state index in [-0.39, 0.29) is 40.1 Å². The smallest absolute Gasteiger partial charge is 0.220 e. The van der Waals surface area contributed by atoms with E-state index < -0.39 is 0 Å². The number of piperidine rings is 2. The lowest BCUT2D eigenvalue weighted by Gasteiger charge is -2.51. The molecule has 2 saturated heterocycles. The fraction of sp³-hybridized carbons (Fsp3) is 0.955. The summed E-state index contributed by atoms with van der Waals surface area (Å²) in [6.07, 6.45) is 4.67. The maximum atomic E-state index is 11.8. The van der Waals surface area contributed by atoms with Gasteiger partial charge in [-0.2, -0.15) is 10.1 Å². The molecule has 2 heterocycles. The number of nitrogens with one attached hydrogen (secondary N) is 1. The summed E-state index contributed by atoms with van der Waals surface area (Å²) in [6, 6.07) is 0.347. The van der Waals surface area contributed by atoms with Crippen molar-refractivity contribution < 1.29 is 15.2 Å². The van der Waals surface area contributed by atoms with Gasteiger partial charge in [-0.1, -0.05) is 15.9 Å². The summed E-state index contributed by atoms with van der Waals surface area (Å²) in [5.41, 5.74) is 4.90. The summed E-state index contributed by atoms with van der Waals surface area (Å²) in [6.45, 7) is 16.1. The van der Waals surface area contributed by atoms with Gasteiger partial charge < -0.3 is 21.5 Å². The SMILES string of the molecule is CC1(C)CC(N)CC(C)(C)N1O.CC1(C)CC(NC(=O)CCCBr)CC(C)(C)N1O. The molecule has 5 N–H and O–H groups in total. The van der Waals surface area contributed by atoms with E-state index in [1.165, 1.54) is 10.1 Å². The van der Waals surface area contributed by atoms with Gasteiger partial charge in [0.1, 0.15) is 0 Å². The minimum Gasteiger partial charge on any atom is -0.353 e. The normalized spacial score (nSPS) is 26.5. The number of alkyl halides is 1. The Morgan fingerprint density at radius 2 is 1.27 bits per heavy atom. The second-order valence-electron chi connectivity index (χ2n) is 11.5. The van der Waals surface area contributed by atoms with Crippen LogP contribution >= 0.6 is 15.9 Å². The van der Waals surface area contributed by atoms with E-state index in [0.29, 0.717) is 6.42 Å². The predicted molar refractivity (Wildman–Crippen MR) is 125 cm³/mol. The average molecular weight is 494 g/mol. The van der Waals surface area contributed by atoms with E-state index >= 15 is 0 Å². The van der Waals surface area contributed by atoms with Crippen molar-refractivity contribution >= 4 is 21.8 Å². The highest BCUT2D eigenvalue weighted by atomic mass is 79.9. The number of halogens is 1. The zero-order valence-corrected chi connectivity index (χ0v) is 21.8. The number of carbonyl (C=O) groups is 1. The third kappa shape index (κ3) is 7.41. The van der Waals surface area contributed by atoms with Gasteiger partial charge in [0.25, 0.3) is 0 Å². The number of rotatable bonds is 4. The monoisotopic (exact) mass is 492 g/mol. The summed E-state index contributed by atoms with van der Waals surface area (Å²) in [5.74, 6) is 0.109. The van der Waals surface area contributed by atoms with Crippen molar-refractivity contribution in [1.82, 2.24) is 15.4 Å². The number of nitrogens with two attached hydrogens (primary N) is 1. The number of hydroxylamine groups is 4. The molecule has 0 atom stereocenters. The minimum absolute atomic E-state index is 0.109. The molecule has 30 heavy (non-hydrogen) atoms. The quantitative estimate of drug-likeness (QED) is 0.441. The Balaban J connectivity index is 0.000000325. The van der Waals surface area contributed by atoms with Crippen molar-refractivity contribution in [1.29, 1.82) is 0 Å². The summed E-state index contributed by atoms with van der Waals surface area (Å²) in [5, 5.41) is 26.9. The first kappa shape index (κ1) is 27.8. The van der Waals surface area contributed by atoms with E-state index in [2.05, 4.69) is 21.2 Å². The Morgan fingerprint density at radius 3 is 1.63 bits per heavy atom. The molecule has 0 aromatic heterocycles. The summed E-state index contributed by atoms with van der Waals surface area (Å²) in [7, 11) is 0. The number of nitrogens with zero attached hydrogens (tertiary/aromatic N) is 2. The van der Waals surface area contributed by atoms with Gasteiger partial charge in [-0.15, -0.1) is 0 Å². The third-order valence-electron chi connectivity index (χ3n) is 6.21. The van der Waals surface area contributed by atoms with Gasteiger partial charge in [-0.05, 0) is 87.5 Å². The predicted octanol–water partition coefficient (Wildman–Crippen LogP) is 4.04. The van der Waals surface area contributed by atoms with E-state index in [1.807, 2.05) is 55.4 Å². The van der Waals surface area contributed by atoms with Crippen molar-refractivity contribution in [3.8, 4) is 0 Å². The van der Waals surface area contributed by atoms with E-state index in [0.717, 1.165) is 37.4 Å². The molecule has 2 rings (SSSR count). The fourth-order valence-corrected chi connectivity index (χ4v) is 5.53. The van der Waals surface area contributed by atoms with Crippen molar-refractivity contribution in [3.05, 3.63) is 0 Å². The molecular weight excluding hydrogens is 448 g/mol. The molecule has 0 spiro atoms. The van der Waals surface area contributed by atoms with Crippen molar-refractivity contribution in [2.45, 2.75) is 128 Å². The van der Waals surface area contributed by atoms with Crippen molar-refractivity contribution in [2.75, 3.05) is 5.33 Å². The van der Waals surface area contributed by atoms with Gasteiger partial charge in [0.05, 0.1) is 0 Å². The maximum absolute atomic E-state index is 11.8. The molecule has 7 nitrogen and oxygen atoms in total. The lowest BCUT2D eigenvalue weighted by atomic mass is 9.79. The first-order valence-electron chi connectivity index (χ1n) is 11.0. The molecule has 0 aliphatic carbocycles. The molecule has 178 valence electrons. The molecule has 0 aromatic rings. The van der Waals surface area contributed by atoms with Crippen LogP contribution in [0.25, 0.3) is 0 Å². The third-order valence-corrected chi connectivity index (χ3v) is 6.77. The Hall–Kier alpha value is -0.250. The highest BCUT2D eigenvalue weighted by Gasteiger charge is 2.45. The van der Waals surface area contributed by atoms with Crippen LogP contribution in [0.3, 0.4) is 0 Å². The Labute approximate surface area is 191 Å². The second kappa shape index (κ2) is 10.1. The molecule has 0 aromatic carbocycles. The lowest BCUT2D eigenvalue weighted by Crippen LogP contribution is -2.62. The van der Waals surface area contributed by atoms with E-state index in [4.69, 9.17) is 5.73 Å². The molecule has 2 fully saturated rings. The summed E-state index contributed by atoms with van der Waals surface area (Å²) in [4.78, 5) is 11.8. The van der Waals surface area contributed by atoms with Gasteiger partial charge in [-0.25, -0.2) is 0 Å². The summed E-state index contributed by atoms with van der Waals surface area (Å²) < 4.78 is 0. The number of amides is 1. The molecule has 0 bridgehead atoms. The summed E-state index contributed by atoms with van der Waals surface area (Å²) >= 11 is 3.33. The van der Waals surface area contributed by atoms with Crippen LogP contribution in [0.1, 0.15) is 93.9 Å². The number of hydrogen-bond acceptors (Lipinski definition) is 6. The first-order valence-corrected chi connectivity index (χ1v) is 12.2. The van der Waals surface area contributed by atoms with Crippen LogP contribution in [-0.4, -0.2) is 66.0 Å². The molecule has 0 radical (unpaired) electrons. The van der Waals surface area contributed by atoms with Crippen molar-refractivity contribution in [3.63, 3.8) is 0 Å². The second-order valence-corrected chi connectivity index (χ2v) is 12.3. The standard InChI is InChI=1S/C13H25BrN2O2.C9H20N2O/c1-12(2)8-10(9-13(3,4)16(12)18)15-11(17)6-5-7-14;1-8(2)5-7(10)6-9(3,4)11(8)12/h10,18H,5-9H2,1-4H3,(H,15,17);7,12H,5-6,10H2,1-4H3. The van der Waals surface area contributed by atoms with Crippen LogP contribution in [0.15, 0.2) is 0 Å². The molecular formula is C22H45BrN4O3. The Morgan fingerprint density at radius 1 is 0.900 bits per heavy atom. The van der Waals surface area contributed by atoms with Crippen molar-refractivity contribution in [2.24, 2.45) is 5.73 Å². The average Bonchev–Trinajstić information content (AvgIpc) is 2.55. The van der Waals surface area contributed by atoms with Crippen LogP contribution < -0.4 is 11.1 Å². The largest absolute Gasteiger partial charge is 0.353 e. The van der Waals surface area contributed by atoms with E-state index in [1.54, 1.807) is 0 Å². The number of hydrogen-bond donors (Lipinski definition) is 4. The van der Waals surface area contributed by atoms with Crippen LogP contribution in [-0.2, 0) is 4.79 Å². The highest BCUT2D eigenvalue weighted by Crippen LogP contribution is 2.37. The molecule has 2 aliphatic rings. The van der Waals surface area contributed by atoms with Gasteiger partial charge in [0.15, 0.2) is 0 Å². The lowest BCUT2D eigenvalue weighted by molar-refractivity contribution is -0.246. The van der Waals surface area contributed by atoms with Gasteiger partial charge in [0.2, 0.25) is 5.91 Å².